The molecule has 1 aromatic carbocycles. The van der Waals surface area contributed by atoms with E-state index in [1.165, 1.54) is 32.1 Å². The third-order valence-electron chi connectivity index (χ3n) is 3.40. The SMILES string of the molecule is CCCCCCCCCNS(=O)(=O)c1ccc(C)cc1. The lowest BCUT2D eigenvalue weighted by Crippen LogP contribution is -2.24. The Bertz CT molecular complexity index is 466. The maximum atomic E-state index is 12.0. The van der Waals surface area contributed by atoms with Gasteiger partial charge >= 0.3 is 0 Å². The zero-order valence-corrected chi connectivity index (χ0v) is 13.5. The van der Waals surface area contributed by atoms with E-state index in [1.54, 1.807) is 12.1 Å². The maximum absolute atomic E-state index is 12.0. The minimum atomic E-state index is -3.33. The standard InChI is InChI=1S/C16H27NO2S/c1-3-4-5-6-7-8-9-14-17-20(18,19)16-12-10-15(2)11-13-16/h10-13,17H,3-9,14H2,1-2H3. The summed E-state index contributed by atoms with van der Waals surface area (Å²) in [7, 11) is -3.33. The normalized spacial score (nSPS) is 11.7. The zero-order chi connectivity index (χ0) is 14.8. The van der Waals surface area contributed by atoms with Gasteiger partial charge in [-0.05, 0) is 25.5 Å². The van der Waals surface area contributed by atoms with Gasteiger partial charge in [0.05, 0.1) is 4.90 Å². The number of unbranched alkanes of at least 4 members (excludes halogenated alkanes) is 6. The minimum absolute atomic E-state index is 0.353. The second-order valence-electron chi connectivity index (χ2n) is 5.33. The number of sulfonamides is 1. The highest BCUT2D eigenvalue weighted by molar-refractivity contribution is 7.89. The average Bonchev–Trinajstić information content (AvgIpc) is 2.42. The van der Waals surface area contributed by atoms with E-state index >= 15 is 0 Å². The van der Waals surface area contributed by atoms with E-state index in [2.05, 4.69) is 11.6 Å². The summed E-state index contributed by atoms with van der Waals surface area (Å²) in [6, 6.07) is 6.95. The van der Waals surface area contributed by atoms with E-state index in [1.807, 2.05) is 19.1 Å². The van der Waals surface area contributed by atoms with Crippen LogP contribution in [0.3, 0.4) is 0 Å². The number of benzene rings is 1. The summed E-state index contributed by atoms with van der Waals surface area (Å²) in [5.41, 5.74) is 1.07. The summed E-state index contributed by atoms with van der Waals surface area (Å²) in [5.74, 6) is 0. The van der Waals surface area contributed by atoms with Gasteiger partial charge in [-0.25, -0.2) is 13.1 Å². The molecule has 0 atom stereocenters. The van der Waals surface area contributed by atoms with Crippen LogP contribution in [0.15, 0.2) is 29.2 Å². The molecule has 0 saturated heterocycles. The Labute approximate surface area is 123 Å². The Hall–Kier alpha value is -0.870. The van der Waals surface area contributed by atoms with Crippen LogP contribution >= 0.6 is 0 Å². The molecule has 20 heavy (non-hydrogen) atoms. The fourth-order valence-corrected chi connectivity index (χ4v) is 3.16. The number of hydrogen-bond donors (Lipinski definition) is 1. The van der Waals surface area contributed by atoms with Gasteiger partial charge in [-0.1, -0.05) is 63.1 Å². The first-order valence-corrected chi connectivity index (χ1v) is 9.11. The van der Waals surface area contributed by atoms with Crippen molar-refractivity contribution in [3.63, 3.8) is 0 Å². The third-order valence-corrected chi connectivity index (χ3v) is 4.88. The Balaban J connectivity index is 2.22. The van der Waals surface area contributed by atoms with Crippen LogP contribution in [0, 0.1) is 6.92 Å². The molecule has 114 valence electrons. The van der Waals surface area contributed by atoms with Crippen LogP contribution in [0.25, 0.3) is 0 Å². The number of rotatable bonds is 10. The van der Waals surface area contributed by atoms with Crippen LogP contribution in [0.2, 0.25) is 0 Å². The van der Waals surface area contributed by atoms with Crippen molar-refractivity contribution in [2.75, 3.05) is 6.54 Å². The highest BCUT2D eigenvalue weighted by Crippen LogP contribution is 2.10. The Morgan fingerprint density at radius 3 is 2.05 bits per heavy atom. The molecular weight excluding hydrogens is 270 g/mol. The molecule has 3 nitrogen and oxygen atoms in total. The highest BCUT2D eigenvalue weighted by Gasteiger charge is 2.12. The Morgan fingerprint density at radius 1 is 0.900 bits per heavy atom. The van der Waals surface area contributed by atoms with E-state index in [4.69, 9.17) is 0 Å². The maximum Gasteiger partial charge on any atom is 0.240 e. The van der Waals surface area contributed by atoms with Gasteiger partial charge in [0.15, 0.2) is 0 Å². The van der Waals surface area contributed by atoms with Crippen LogP contribution < -0.4 is 4.72 Å². The number of aryl methyl sites for hydroxylation is 1. The van der Waals surface area contributed by atoms with Gasteiger partial charge in [0.25, 0.3) is 0 Å². The van der Waals surface area contributed by atoms with Crippen LogP contribution in [0.5, 0.6) is 0 Å². The van der Waals surface area contributed by atoms with Crippen molar-refractivity contribution in [3.05, 3.63) is 29.8 Å². The number of nitrogens with one attached hydrogen (secondary N) is 1. The van der Waals surface area contributed by atoms with Crippen LogP contribution in [0.1, 0.15) is 57.4 Å². The van der Waals surface area contributed by atoms with Gasteiger partial charge in [0.1, 0.15) is 0 Å². The van der Waals surface area contributed by atoms with E-state index in [-0.39, 0.29) is 0 Å². The van der Waals surface area contributed by atoms with Gasteiger partial charge in [-0.3, -0.25) is 0 Å². The summed E-state index contributed by atoms with van der Waals surface area (Å²) in [5, 5.41) is 0. The van der Waals surface area contributed by atoms with Crippen molar-refractivity contribution in [2.45, 2.75) is 63.7 Å². The van der Waals surface area contributed by atoms with Crippen molar-refractivity contribution in [1.82, 2.24) is 4.72 Å². The molecule has 1 aromatic rings. The molecule has 1 N–H and O–H groups in total. The third kappa shape index (κ3) is 6.53. The lowest BCUT2D eigenvalue weighted by atomic mass is 10.1. The molecule has 0 amide bonds. The molecule has 0 fully saturated rings. The van der Waals surface area contributed by atoms with Crippen LogP contribution in [-0.4, -0.2) is 15.0 Å². The first kappa shape index (κ1) is 17.2. The first-order chi connectivity index (χ1) is 9.56. The topological polar surface area (TPSA) is 46.2 Å². The zero-order valence-electron chi connectivity index (χ0n) is 12.7. The smallest absolute Gasteiger partial charge is 0.211 e. The van der Waals surface area contributed by atoms with Gasteiger partial charge in [0.2, 0.25) is 10.0 Å². The van der Waals surface area contributed by atoms with E-state index < -0.39 is 10.0 Å². The monoisotopic (exact) mass is 297 g/mol. The second-order valence-corrected chi connectivity index (χ2v) is 7.10. The summed E-state index contributed by atoms with van der Waals surface area (Å²) in [6.45, 7) is 4.69. The lowest BCUT2D eigenvalue weighted by Gasteiger charge is -2.07. The molecule has 1 rings (SSSR count). The van der Waals surface area contributed by atoms with Crippen molar-refractivity contribution in [2.24, 2.45) is 0 Å². The lowest BCUT2D eigenvalue weighted by molar-refractivity contribution is 0.563. The molecule has 0 saturated carbocycles. The van der Waals surface area contributed by atoms with Gasteiger partial charge in [0, 0.05) is 6.54 Å². The average molecular weight is 297 g/mol. The second kappa shape index (κ2) is 9.14. The van der Waals surface area contributed by atoms with Crippen LogP contribution in [0.4, 0.5) is 0 Å². The van der Waals surface area contributed by atoms with Crippen molar-refractivity contribution in [3.8, 4) is 0 Å². The quantitative estimate of drug-likeness (QED) is 0.663. The number of hydrogen-bond acceptors (Lipinski definition) is 2. The fraction of sp³-hybridized carbons (Fsp3) is 0.625. The summed E-state index contributed by atoms with van der Waals surface area (Å²) < 4.78 is 26.7. The van der Waals surface area contributed by atoms with Gasteiger partial charge in [-0.2, -0.15) is 0 Å². The fourth-order valence-electron chi connectivity index (χ4n) is 2.09. The highest BCUT2D eigenvalue weighted by atomic mass is 32.2. The molecule has 0 radical (unpaired) electrons. The molecular formula is C16H27NO2S. The molecule has 0 aromatic heterocycles. The molecule has 0 aliphatic rings. The predicted octanol–water partition coefficient (Wildman–Crippen LogP) is 4.02. The molecule has 0 aliphatic heterocycles. The molecule has 0 bridgehead atoms. The minimum Gasteiger partial charge on any atom is -0.211 e. The summed E-state index contributed by atoms with van der Waals surface area (Å²) in [6.07, 6.45) is 8.34. The van der Waals surface area contributed by atoms with Crippen molar-refractivity contribution < 1.29 is 8.42 Å². The van der Waals surface area contributed by atoms with E-state index in [0.29, 0.717) is 11.4 Å². The predicted molar refractivity (Wildman–Crippen MR) is 84.4 cm³/mol. The van der Waals surface area contributed by atoms with Crippen LogP contribution in [-0.2, 0) is 10.0 Å². The molecule has 0 heterocycles. The van der Waals surface area contributed by atoms with Gasteiger partial charge < -0.3 is 0 Å². The van der Waals surface area contributed by atoms with E-state index in [0.717, 1.165) is 18.4 Å². The molecule has 4 heteroatoms. The van der Waals surface area contributed by atoms with Gasteiger partial charge in [-0.15, -0.1) is 0 Å². The molecule has 0 unspecified atom stereocenters. The van der Waals surface area contributed by atoms with Crippen molar-refractivity contribution >= 4 is 10.0 Å². The summed E-state index contributed by atoms with van der Waals surface area (Å²) >= 11 is 0. The summed E-state index contributed by atoms with van der Waals surface area (Å²) in [4.78, 5) is 0.353. The first-order valence-electron chi connectivity index (χ1n) is 7.62. The molecule has 0 spiro atoms. The largest absolute Gasteiger partial charge is 0.240 e. The Morgan fingerprint density at radius 2 is 1.45 bits per heavy atom. The van der Waals surface area contributed by atoms with Crippen molar-refractivity contribution in [1.29, 1.82) is 0 Å². The molecule has 0 aliphatic carbocycles. The Kier molecular flexibility index (Phi) is 7.85. The van der Waals surface area contributed by atoms with E-state index in [9.17, 15) is 8.42 Å².